The number of cyclic esters (lactones) is 1. The van der Waals surface area contributed by atoms with Crippen molar-refractivity contribution >= 4 is 17.5 Å². The normalized spacial score (nSPS) is 25.9. The van der Waals surface area contributed by atoms with E-state index >= 15 is 0 Å². The molecule has 5 heteroatoms. The van der Waals surface area contributed by atoms with Gasteiger partial charge in [-0.05, 0) is 67.7 Å². The van der Waals surface area contributed by atoms with Crippen molar-refractivity contribution in [2.75, 3.05) is 0 Å². The van der Waals surface area contributed by atoms with E-state index in [-0.39, 0.29) is 23.7 Å². The summed E-state index contributed by atoms with van der Waals surface area (Å²) in [6, 6.07) is 12.6. The lowest BCUT2D eigenvalue weighted by Gasteiger charge is -2.39. The highest BCUT2D eigenvalue weighted by atomic mass is 16.5. The number of fused-ring (bicyclic) bond motifs is 2. The number of Topliss-reactive ketones (excluding diaryl/α,β-unsaturated/α-hetero) is 2. The van der Waals surface area contributed by atoms with Gasteiger partial charge in [-0.1, -0.05) is 62.1 Å². The van der Waals surface area contributed by atoms with Gasteiger partial charge < -0.3 is 9.84 Å². The van der Waals surface area contributed by atoms with Crippen molar-refractivity contribution in [1.82, 2.24) is 0 Å². The molecule has 188 valence electrons. The number of aryl methyl sites for hydroxylation is 2. The molecule has 0 saturated heterocycles. The summed E-state index contributed by atoms with van der Waals surface area (Å²) in [5.74, 6) is -0.991. The Balaban J connectivity index is 1.49. The number of carbonyl (C=O) groups is 3. The first-order chi connectivity index (χ1) is 17.3. The Morgan fingerprint density at radius 2 is 1.69 bits per heavy atom. The molecule has 0 aromatic heterocycles. The Morgan fingerprint density at radius 1 is 0.944 bits per heavy atom. The summed E-state index contributed by atoms with van der Waals surface area (Å²) in [6.07, 6.45) is 6.22. The van der Waals surface area contributed by atoms with Crippen molar-refractivity contribution in [3.05, 3.63) is 81.6 Å². The van der Waals surface area contributed by atoms with Gasteiger partial charge >= 0.3 is 5.97 Å². The van der Waals surface area contributed by atoms with E-state index < -0.39 is 23.6 Å². The van der Waals surface area contributed by atoms with E-state index in [1.807, 2.05) is 32.0 Å². The Kier molecular flexibility index (Phi) is 6.83. The molecule has 3 aliphatic rings. The van der Waals surface area contributed by atoms with Crippen LogP contribution >= 0.6 is 0 Å². The van der Waals surface area contributed by atoms with E-state index in [2.05, 4.69) is 0 Å². The van der Waals surface area contributed by atoms with Gasteiger partial charge in [-0.25, -0.2) is 4.79 Å². The number of aliphatic hydroxyl groups is 1. The number of carbonyl (C=O) groups excluding carboxylic acids is 3. The van der Waals surface area contributed by atoms with Crippen molar-refractivity contribution in [1.29, 1.82) is 0 Å². The summed E-state index contributed by atoms with van der Waals surface area (Å²) in [5.41, 5.74) is 3.80. The quantitative estimate of drug-likeness (QED) is 0.294. The summed E-state index contributed by atoms with van der Waals surface area (Å²) in [6.45, 7) is 3.98. The Hall–Kier alpha value is -3.21. The molecule has 1 heterocycles. The monoisotopic (exact) mass is 486 g/mol. The third kappa shape index (κ3) is 4.63. The molecule has 3 unspecified atom stereocenters. The van der Waals surface area contributed by atoms with E-state index in [0.717, 1.165) is 42.4 Å². The molecule has 2 aromatic rings. The maximum Gasteiger partial charge on any atom is 0.339 e. The number of rotatable bonds is 6. The highest BCUT2D eigenvalue weighted by molar-refractivity contribution is 6.08. The standard InChI is InChI=1S/C31H34O5/c1-18-11-12-20(15-19(18)2)16-26(32)29(34)27(30-24-9-5-6-10-25(24)31(35)36-30)28(33)23-14-13-21-7-3-4-8-22(21)17-23/h5-6,9-12,15,21-23,30,34H,3-4,7-8,13-14,16-17H2,1-2H3/b29-27+/t21?,22?,23?,30-/m1/s1. The van der Waals surface area contributed by atoms with Crippen LogP contribution in [0, 0.1) is 31.6 Å². The minimum Gasteiger partial charge on any atom is -0.504 e. The molecule has 2 aliphatic carbocycles. The maximum atomic E-state index is 14.0. The van der Waals surface area contributed by atoms with Crippen LogP contribution in [0.15, 0.2) is 53.8 Å². The lowest BCUT2D eigenvalue weighted by Crippen LogP contribution is -2.33. The second-order valence-electron chi connectivity index (χ2n) is 10.8. The van der Waals surface area contributed by atoms with Gasteiger partial charge in [0, 0.05) is 17.9 Å². The summed E-state index contributed by atoms with van der Waals surface area (Å²) in [4.78, 5) is 39.9. The minimum absolute atomic E-state index is 0.0264. The van der Waals surface area contributed by atoms with Crippen molar-refractivity contribution in [3.63, 3.8) is 0 Å². The van der Waals surface area contributed by atoms with Gasteiger partial charge in [-0.15, -0.1) is 0 Å². The molecule has 5 nitrogen and oxygen atoms in total. The number of hydrogen-bond acceptors (Lipinski definition) is 5. The largest absolute Gasteiger partial charge is 0.504 e. The predicted molar refractivity (Wildman–Crippen MR) is 137 cm³/mol. The minimum atomic E-state index is -1.06. The van der Waals surface area contributed by atoms with Gasteiger partial charge in [0.25, 0.3) is 0 Å². The molecule has 2 aromatic carbocycles. The number of esters is 1. The maximum absolute atomic E-state index is 14.0. The van der Waals surface area contributed by atoms with E-state index in [1.165, 1.54) is 19.3 Å². The molecule has 0 spiro atoms. The van der Waals surface area contributed by atoms with E-state index in [1.54, 1.807) is 24.3 Å². The van der Waals surface area contributed by atoms with Crippen LogP contribution in [-0.4, -0.2) is 22.6 Å². The second kappa shape index (κ2) is 10.0. The molecular formula is C31H34O5. The predicted octanol–water partition coefficient (Wildman–Crippen LogP) is 6.31. The molecule has 1 aliphatic heterocycles. The molecule has 4 atom stereocenters. The summed E-state index contributed by atoms with van der Waals surface area (Å²) in [7, 11) is 0. The first-order valence-corrected chi connectivity index (χ1v) is 13.2. The van der Waals surface area contributed by atoms with Gasteiger partial charge in [-0.2, -0.15) is 0 Å². The number of hydrogen-bond donors (Lipinski definition) is 1. The van der Waals surface area contributed by atoms with Crippen LogP contribution in [0.2, 0.25) is 0 Å². The molecule has 5 rings (SSSR count). The van der Waals surface area contributed by atoms with E-state index in [4.69, 9.17) is 4.74 Å². The van der Waals surface area contributed by atoms with Crippen LogP contribution in [-0.2, 0) is 20.7 Å². The zero-order valence-electron chi connectivity index (χ0n) is 21.1. The van der Waals surface area contributed by atoms with Gasteiger partial charge in [0.1, 0.15) is 0 Å². The SMILES string of the molecule is Cc1ccc(CC(=O)/C(O)=C(/C(=O)C2CCC3CCCCC3C2)[C@@H]2OC(=O)c3ccccc32)cc1C. The summed E-state index contributed by atoms with van der Waals surface area (Å²) in [5, 5.41) is 11.3. The van der Waals surface area contributed by atoms with Gasteiger partial charge in [0.05, 0.1) is 11.1 Å². The zero-order valence-corrected chi connectivity index (χ0v) is 21.1. The average molecular weight is 487 g/mol. The van der Waals surface area contributed by atoms with Crippen LogP contribution in [0.25, 0.3) is 0 Å². The average Bonchev–Trinajstić information content (AvgIpc) is 3.22. The third-order valence-electron chi connectivity index (χ3n) is 8.58. The second-order valence-corrected chi connectivity index (χ2v) is 10.8. The van der Waals surface area contributed by atoms with Crippen molar-refractivity contribution < 1.29 is 24.2 Å². The van der Waals surface area contributed by atoms with Gasteiger partial charge in [-0.3, -0.25) is 9.59 Å². The number of benzene rings is 2. The summed E-state index contributed by atoms with van der Waals surface area (Å²) >= 11 is 0. The van der Waals surface area contributed by atoms with Crippen LogP contribution < -0.4 is 0 Å². The Labute approximate surface area is 212 Å². The van der Waals surface area contributed by atoms with Crippen LogP contribution in [0.1, 0.15) is 83.7 Å². The smallest absolute Gasteiger partial charge is 0.339 e. The van der Waals surface area contributed by atoms with Crippen LogP contribution in [0.4, 0.5) is 0 Å². The van der Waals surface area contributed by atoms with Gasteiger partial charge in [0.2, 0.25) is 5.78 Å². The highest BCUT2D eigenvalue weighted by Crippen LogP contribution is 2.46. The van der Waals surface area contributed by atoms with Gasteiger partial charge in [0.15, 0.2) is 17.6 Å². The van der Waals surface area contributed by atoms with Crippen molar-refractivity contribution in [2.24, 2.45) is 17.8 Å². The topological polar surface area (TPSA) is 80.7 Å². The molecule has 0 amide bonds. The fourth-order valence-electron chi connectivity index (χ4n) is 6.39. The van der Waals surface area contributed by atoms with Crippen LogP contribution in [0.3, 0.4) is 0 Å². The molecular weight excluding hydrogens is 452 g/mol. The fraction of sp³-hybridized carbons (Fsp3) is 0.452. The zero-order chi connectivity index (χ0) is 25.4. The summed E-state index contributed by atoms with van der Waals surface area (Å²) < 4.78 is 5.64. The number of ketones is 2. The number of ether oxygens (including phenoxy) is 1. The molecule has 1 N–H and O–H groups in total. The lowest BCUT2D eigenvalue weighted by atomic mass is 9.66. The third-order valence-corrected chi connectivity index (χ3v) is 8.58. The number of allylic oxidation sites excluding steroid dienone is 1. The fourth-order valence-corrected chi connectivity index (χ4v) is 6.39. The Morgan fingerprint density at radius 3 is 2.47 bits per heavy atom. The molecule has 0 radical (unpaired) electrons. The first-order valence-electron chi connectivity index (χ1n) is 13.2. The van der Waals surface area contributed by atoms with E-state index in [0.29, 0.717) is 23.0 Å². The molecule has 0 bridgehead atoms. The highest BCUT2D eigenvalue weighted by Gasteiger charge is 2.43. The number of aliphatic hydroxyl groups excluding tert-OH is 1. The van der Waals surface area contributed by atoms with Crippen molar-refractivity contribution in [3.8, 4) is 0 Å². The Bertz CT molecular complexity index is 1240. The van der Waals surface area contributed by atoms with Crippen LogP contribution in [0.5, 0.6) is 0 Å². The molecule has 36 heavy (non-hydrogen) atoms. The lowest BCUT2D eigenvalue weighted by molar-refractivity contribution is -0.124. The van der Waals surface area contributed by atoms with E-state index in [9.17, 15) is 19.5 Å². The molecule has 2 saturated carbocycles. The van der Waals surface area contributed by atoms with Crippen molar-refractivity contribution in [2.45, 2.75) is 71.3 Å². The first kappa shape index (κ1) is 24.5. The molecule has 2 fully saturated rings.